The number of para-hydroxylation sites is 1. The van der Waals surface area contributed by atoms with Gasteiger partial charge < -0.3 is 24.8 Å². The number of hydrogen-bond acceptors (Lipinski definition) is 5. The van der Waals surface area contributed by atoms with E-state index in [1.165, 1.54) is 18.2 Å². The van der Waals surface area contributed by atoms with Crippen LogP contribution in [0.3, 0.4) is 0 Å². The Bertz CT molecular complexity index is 1050. The fourth-order valence-corrected chi connectivity index (χ4v) is 2.63. The molecule has 0 aliphatic carbocycles. The average molecular weight is 452 g/mol. The zero-order chi connectivity index (χ0) is 23.9. The molecule has 170 valence electrons. The molecule has 1 atom stereocenters. The Labute approximate surface area is 181 Å². The molecular weight excluding hydrogens is 433 g/mol. The van der Waals surface area contributed by atoms with Crippen molar-refractivity contribution in [2.75, 3.05) is 0 Å². The third kappa shape index (κ3) is 6.84. The van der Waals surface area contributed by atoms with Crippen LogP contribution in [0.5, 0.6) is 17.2 Å². The zero-order valence-electron chi connectivity index (χ0n) is 16.8. The van der Waals surface area contributed by atoms with E-state index in [4.69, 9.17) is 4.74 Å². The van der Waals surface area contributed by atoms with Gasteiger partial charge in [-0.05, 0) is 31.0 Å². The molecule has 0 aliphatic rings. The summed E-state index contributed by atoms with van der Waals surface area (Å²) in [6, 6.07) is 6.91. The van der Waals surface area contributed by atoms with Crippen molar-refractivity contribution in [3.8, 4) is 29.1 Å². The molecule has 10 heteroatoms. The number of carboxylic acid groups (broad SMARTS) is 2. The molecule has 0 aliphatic heterocycles. The summed E-state index contributed by atoms with van der Waals surface area (Å²) in [5.74, 6) is 0.696. The van der Waals surface area contributed by atoms with Crippen molar-refractivity contribution in [3.63, 3.8) is 0 Å². The summed E-state index contributed by atoms with van der Waals surface area (Å²) >= 11 is 0. The van der Waals surface area contributed by atoms with Crippen molar-refractivity contribution in [3.05, 3.63) is 53.1 Å². The number of halogens is 3. The van der Waals surface area contributed by atoms with Gasteiger partial charge in [0.1, 0.15) is 22.8 Å². The average Bonchev–Trinajstić information content (AvgIpc) is 2.69. The van der Waals surface area contributed by atoms with E-state index in [0.29, 0.717) is 12.8 Å². The number of carboxylic acids is 2. The lowest BCUT2D eigenvalue weighted by Gasteiger charge is -2.17. The largest absolute Gasteiger partial charge is 0.573 e. The molecule has 0 heterocycles. The second kappa shape index (κ2) is 10.4. The molecule has 1 unspecified atom stereocenters. The molecule has 0 bridgehead atoms. The van der Waals surface area contributed by atoms with Gasteiger partial charge in [-0.25, -0.2) is 9.59 Å². The Balaban J connectivity index is 2.53. The number of aromatic hydroxyl groups is 1. The quantitative estimate of drug-likeness (QED) is 0.509. The summed E-state index contributed by atoms with van der Waals surface area (Å²) in [5.41, 5.74) is -0.826. The molecule has 0 saturated carbocycles. The molecule has 2 aromatic rings. The number of carbonyl (C=O) groups is 2. The molecule has 7 nitrogen and oxygen atoms in total. The number of phenols is 1. The van der Waals surface area contributed by atoms with Gasteiger partial charge in [-0.3, -0.25) is 0 Å². The van der Waals surface area contributed by atoms with Gasteiger partial charge >= 0.3 is 18.3 Å². The van der Waals surface area contributed by atoms with Gasteiger partial charge in [0.25, 0.3) is 0 Å². The molecule has 2 rings (SSSR count). The van der Waals surface area contributed by atoms with Crippen LogP contribution in [0.15, 0.2) is 36.4 Å². The first-order valence-electron chi connectivity index (χ1n) is 9.38. The number of hydrogen-bond donors (Lipinski definition) is 3. The summed E-state index contributed by atoms with van der Waals surface area (Å²) in [7, 11) is 0. The first-order valence-corrected chi connectivity index (χ1v) is 9.38. The predicted molar refractivity (Wildman–Crippen MR) is 106 cm³/mol. The van der Waals surface area contributed by atoms with E-state index in [9.17, 15) is 38.1 Å². The molecule has 0 radical (unpaired) electrons. The second-order valence-corrected chi connectivity index (χ2v) is 6.55. The minimum atomic E-state index is -4.95. The molecule has 0 spiro atoms. The molecule has 2 aromatic carbocycles. The van der Waals surface area contributed by atoms with Crippen LogP contribution in [0.4, 0.5) is 13.2 Å². The van der Waals surface area contributed by atoms with Crippen molar-refractivity contribution >= 4 is 11.9 Å². The normalized spacial score (nSPS) is 11.8. The maximum Gasteiger partial charge on any atom is 0.573 e. The van der Waals surface area contributed by atoms with E-state index in [-0.39, 0.29) is 23.3 Å². The summed E-state index contributed by atoms with van der Waals surface area (Å²) in [4.78, 5) is 22.9. The van der Waals surface area contributed by atoms with Gasteiger partial charge in [0.05, 0.1) is 11.1 Å². The number of benzene rings is 2. The van der Waals surface area contributed by atoms with Gasteiger partial charge in [-0.2, -0.15) is 0 Å². The van der Waals surface area contributed by atoms with E-state index in [0.717, 1.165) is 18.2 Å². The monoisotopic (exact) mass is 452 g/mol. The third-order valence-corrected chi connectivity index (χ3v) is 4.14. The lowest BCUT2D eigenvalue weighted by molar-refractivity contribution is -0.274. The molecule has 3 N–H and O–H groups in total. The molecule has 32 heavy (non-hydrogen) atoms. The van der Waals surface area contributed by atoms with Crippen LogP contribution in [-0.2, 0) is 4.79 Å². The fraction of sp³-hybridized carbons (Fsp3) is 0.273. The molecular formula is C22H19F3O7. The van der Waals surface area contributed by atoms with Crippen LogP contribution >= 0.6 is 0 Å². The highest BCUT2D eigenvalue weighted by Gasteiger charge is 2.32. The first kappa shape index (κ1) is 24.4. The van der Waals surface area contributed by atoms with Crippen LogP contribution < -0.4 is 9.47 Å². The highest BCUT2D eigenvalue weighted by Crippen LogP contribution is 2.30. The van der Waals surface area contributed by atoms with Crippen molar-refractivity contribution in [1.29, 1.82) is 0 Å². The number of unbranched alkanes of at least 4 members (excludes halogenated alkanes) is 1. The first-order chi connectivity index (χ1) is 15.0. The standard InChI is InChI=1S/C22H19F3O7/c1-2-3-7-18(21(29)30)31-19-12-16(26)15(20(27)28)11-14(19)10-9-13-6-4-5-8-17(13)32-22(23,24)25/h4-6,8,11-12,18,26H,2-3,7H2,1H3,(H,27,28)(H,29,30). The molecule has 0 saturated heterocycles. The Hall–Kier alpha value is -3.87. The molecule has 0 amide bonds. The minimum absolute atomic E-state index is 0.134. The van der Waals surface area contributed by atoms with Gasteiger partial charge in [0, 0.05) is 6.07 Å². The van der Waals surface area contributed by atoms with Crippen LogP contribution in [0.2, 0.25) is 0 Å². The van der Waals surface area contributed by atoms with Crippen molar-refractivity contribution in [2.45, 2.75) is 38.7 Å². The van der Waals surface area contributed by atoms with Gasteiger partial charge in [0.15, 0.2) is 6.10 Å². The lowest BCUT2D eigenvalue weighted by Crippen LogP contribution is -2.27. The van der Waals surface area contributed by atoms with Crippen LogP contribution in [-0.4, -0.2) is 39.7 Å². The summed E-state index contributed by atoms with van der Waals surface area (Å²) in [6.45, 7) is 1.85. The number of alkyl halides is 3. The van der Waals surface area contributed by atoms with Gasteiger partial charge in [-0.15, -0.1) is 13.2 Å². The number of aromatic carboxylic acids is 1. The Morgan fingerprint density at radius 3 is 2.31 bits per heavy atom. The van der Waals surface area contributed by atoms with Crippen LogP contribution in [0, 0.1) is 11.8 Å². The smallest absolute Gasteiger partial charge is 0.507 e. The zero-order valence-corrected chi connectivity index (χ0v) is 16.8. The van der Waals surface area contributed by atoms with Crippen molar-refractivity contribution < 1.29 is 47.6 Å². The van der Waals surface area contributed by atoms with E-state index < -0.39 is 41.5 Å². The second-order valence-electron chi connectivity index (χ2n) is 6.55. The highest BCUT2D eigenvalue weighted by molar-refractivity contribution is 5.91. The highest BCUT2D eigenvalue weighted by atomic mass is 19.4. The number of ether oxygens (including phenoxy) is 2. The van der Waals surface area contributed by atoms with Gasteiger partial charge in [0.2, 0.25) is 0 Å². The van der Waals surface area contributed by atoms with Crippen molar-refractivity contribution in [1.82, 2.24) is 0 Å². The topological polar surface area (TPSA) is 113 Å². The van der Waals surface area contributed by atoms with Gasteiger partial charge in [-0.1, -0.05) is 37.3 Å². The summed E-state index contributed by atoms with van der Waals surface area (Å²) < 4.78 is 47.2. The molecule has 0 aromatic heterocycles. The van der Waals surface area contributed by atoms with E-state index in [1.54, 1.807) is 0 Å². The van der Waals surface area contributed by atoms with E-state index in [2.05, 4.69) is 16.6 Å². The summed E-state index contributed by atoms with van der Waals surface area (Å²) in [6.07, 6.45) is -4.89. The van der Waals surface area contributed by atoms with Crippen LogP contribution in [0.1, 0.15) is 47.7 Å². The Kier molecular flexibility index (Phi) is 7.96. The van der Waals surface area contributed by atoms with E-state index >= 15 is 0 Å². The lowest BCUT2D eigenvalue weighted by atomic mass is 10.1. The molecule has 0 fully saturated rings. The Morgan fingerprint density at radius 2 is 1.72 bits per heavy atom. The third-order valence-electron chi connectivity index (χ3n) is 4.14. The van der Waals surface area contributed by atoms with E-state index in [1.807, 2.05) is 6.92 Å². The predicted octanol–water partition coefficient (Wildman–Crippen LogP) is 4.41. The number of rotatable bonds is 8. The Morgan fingerprint density at radius 1 is 1.06 bits per heavy atom. The SMILES string of the molecule is CCCCC(Oc1cc(O)c(C(=O)O)cc1C#Cc1ccccc1OC(F)(F)F)C(=O)O. The van der Waals surface area contributed by atoms with Crippen molar-refractivity contribution in [2.24, 2.45) is 0 Å². The minimum Gasteiger partial charge on any atom is -0.507 e. The van der Waals surface area contributed by atoms with Crippen LogP contribution in [0.25, 0.3) is 0 Å². The maximum absolute atomic E-state index is 12.6. The summed E-state index contributed by atoms with van der Waals surface area (Å²) in [5, 5.41) is 28.6. The number of aliphatic carboxylic acids is 1. The maximum atomic E-state index is 12.6. The fourth-order valence-electron chi connectivity index (χ4n) is 2.63.